The van der Waals surface area contributed by atoms with Crippen molar-refractivity contribution >= 4 is 28.5 Å². The highest BCUT2D eigenvalue weighted by atomic mass is 32.1. The summed E-state index contributed by atoms with van der Waals surface area (Å²) in [6.45, 7) is 4.19. The first-order valence-corrected chi connectivity index (χ1v) is 9.10. The van der Waals surface area contributed by atoms with E-state index >= 15 is 0 Å². The first kappa shape index (κ1) is 19.6. The van der Waals surface area contributed by atoms with E-state index in [1.165, 1.54) is 17.8 Å². The van der Waals surface area contributed by atoms with E-state index in [0.29, 0.717) is 16.5 Å². The average Bonchev–Trinajstić information content (AvgIpc) is 3.10. The Balaban J connectivity index is 1.77. The summed E-state index contributed by atoms with van der Waals surface area (Å²) in [5.41, 5.74) is 3.58. The standard InChI is InChI=1S/C18H21N3O4S/c1-3-4-13(2)14-5-7-15(8-6-14)25-12-17(22)20-19-11-16-9-10-18(26-16)21(23)24/h5-11,13H,3-4,12H2,1-2H3,(H,20,22). The Bertz CT molecular complexity index is 771. The van der Waals surface area contributed by atoms with Gasteiger partial charge in [0.25, 0.3) is 5.91 Å². The van der Waals surface area contributed by atoms with Gasteiger partial charge in [0, 0.05) is 6.07 Å². The van der Waals surface area contributed by atoms with E-state index in [1.54, 1.807) is 6.07 Å². The molecule has 1 unspecified atom stereocenters. The number of carbonyl (C=O) groups excluding carboxylic acids is 1. The molecule has 0 aliphatic heterocycles. The Morgan fingerprint density at radius 1 is 1.35 bits per heavy atom. The molecule has 0 bridgehead atoms. The van der Waals surface area contributed by atoms with E-state index in [1.807, 2.05) is 24.3 Å². The average molecular weight is 375 g/mol. The summed E-state index contributed by atoms with van der Waals surface area (Å²) in [6, 6.07) is 10.7. The number of nitrogens with one attached hydrogen (secondary N) is 1. The molecule has 0 fully saturated rings. The van der Waals surface area contributed by atoms with Gasteiger partial charge in [-0.2, -0.15) is 5.10 Å². The van der Waals surface area contributed by atoms with Crippen LogP contribution in [0.4, 0.5) is 5.00 Å². The van der Waals surface area contributed by atoms with Crippen molar-refractivity contribution < 1.29 is 14.5 Å². The number of hydrogen-bond donors (Lipinski definition) is 1. The van der Waals surface area contributed by atoms with Gasteiger partial charge in [-0.3, -0.25) is 14.9 Å². The molecule has 0 radical (unpaired) electrons. The van der Waals surface area contributed by atoms with Crippen LogP contribution in [0.2, 0.25) is 0 Å². The largest absolute Gasteiger partial charge is 0.484 e. The van der Waals surface area contributed by atoms with E-state index in [9.17, 15) is 14.9 Å². The molecule has 1 atom stereocenters. The summed E-state index contributed by atoms with van der Waals surface area (Å²) in [4.78, 5) is 22.4. The van der Waals surface area contributed by atoms with Gasteiger partial charge in [0.05, 0.1) is 16.0 Å². The first-order valence-electron chi connectivity index (χ1n) is 8.28. The number of nitrogens with zero attached hydrogens (tertiary/aromatic N) is 2. The monoisotopic (exact) mass is 375 g/mol. The highest BCUT2D eigenvalue weighted by molar-refractivity contribution is 7.16. The molecule has 2 aromatic rings. The maximum absolute atomic E-state index is 11.7. The fraction of sp³-hybridized carbons (Fsp3) is 0.333. The van der Waals surface area contributed by atoms with Gasteiger partial charge in [-0.1, -0.05) is 43.7 Å². The van der Waals surface area contributed by atoms with Crippen LogP contribution in [-0.4, -0.2) is 23.7 Å². The summed E-state index contributed by atoms with van der Waals surface area (Å²) in [6.07, 6.45) is 3.63. The Labute approximate surface area is 155 Å². The van der Waals surface area contributed by atoms with Crippen LogP contribution in [0.3, 0.4) is 0 Å². The quantitative estimate of drug-likeness (QED) is 0.406. The van der Waals surface area contributed by atoms with Gasteiger partial charge in [0.15, 0.2) is 6.61 Å². The Morgan fingerprint density at radius 2 is 2.08 bits per heavy atom. The summed E-state index contributed by atoms with van der Waals surface area (Å²) < 4.78 is 5.43. The number of thiophene rings is 1. The third kappa shape index (κ3) is 5.96. The first-order chi connectivity index (χ1) is 12.5. The molecule has 2 rings (SSSR count). The molecular formula is C18H21N3O4S. The second-order valence-corrected chi connectivity index (χ2v) is 6.87. The lowest BCUT2D eigenvalue weighted by Crippen LogP contribution is -2.24. The minimum atomic E-state index is -0.470. The fourth-order valence-corrected chi connectivity index (χ4v) is 3.04. The smallest absolute Gasteiger partial charge is 0.324 e. The van der Waals surface area contributed by atoms with Crippen LogP contribution in [-0.2, 0) is 4.79 Å². The highest BCUT2D eigenvalue weighted by Gasteiger charge is 2.08. The maximum atomic E-state index is 11.7. The van der Waals surface area contributed by atoms with Crippen LogP contribution in [0.5, 0.6) is 5.75 Å². The molecule has 26 heavy (non-hydrogen) atoms. The van der Waals surface area contributed by atoms with Gasteiger partial charge < -0.3 is 4.74 Å². The zero-order valence-electron chi connectivity index (χ0n) is 14.7. The number of nitro groups is 1. The van der Waals surface area contributed by atoms with Crippen molar-refractivity contribution in [3.63, 3.8) is 0 Å². The lowest BCUT2D eigenvalue weighted by molar-refractivity contribution is -0.380. The van der Waals surface area contributed by atoms with Crippen LogP contribution in [0, 0.1) is 10.1 Å². The molecular weight excluding hydrogens is 354 g/mol. The number of hydrazone groups is 1. The number of rotatable bonds is 9. The van der Waals surface area contributed by atoms with E-state index < -0.39 is 10.8 Å². The molecule has 8 heteroatoms. The summed E-state index contributed by atoms with van der Waals surface area (Å²) in [5.74, 6) is 0.709. The van der Waals surface area contributed by atoms with Crippen LogP contribution < -0.4 is 10.2 Å². The fourth-order valence-electron chi connectivity index (χ4n) is 2.35. The highest BCUT2D eigenvalue weighted by Crippen LogP contribution is 2.23. The minimum absolute atomic E-state index is 0.0258. The molecule has 1 aromatic carbocycles. The van der Waals surface area contributed by atoms with Crippen LogP contribution in [0.25, 0.3) is 0 Å². The van der Waals surface area contributed by atoms with Gasteiger partial charge in [-0.25, -0.2) is 5.43 Å². The molecule has 0 saturated heterocycles. The van der Waals surface area contributed by atoms with E-state index in [0.717, 1.165) is 24.2 Å². The van der Waals surface area contributed by atoms with E-state index in [4.69, 9.17) is 4.74 Å². The van der Waals surface area contributed by atoms with Crippen LogP contribution in [0.1, 0.15) is 43.0 Å². The molecule has 138 valence electrons. The number of benzene rings is 1. The predicted octanol–water partition coefficient (Wildman–Crippen LogP) is 4.09. The topological polar surface area (TPSA) is 93.8 Å². The van der Waals surface area contributed by atoms with Gasteiger partial charge in [-0.15, -0.1) is 0 Å². The van der Waals surface area contributed by atoms with Gasteiger partial charge >= 0.3 is 5.00 Å². The van der Waals surface area contributed by atoms with Crippen molar-refractivity contribution in [2.45, 2.75) is 32.6 Å². The summed E-state index contributed by atoms with van der Waals surface area (Å²) in [5, 5.41) is 14.4. The zero-order valence-corrected chi connectivity index (χ0v) is 15.5. The lowest BCUT2D eigenvalue weighted by Gasteiger charge is -2.11. The number of hydrogen-bond acceptors (Lipinski definition) is 6. The minimum Gasteiger partial charge on any atom is -0.484 e. The summed E-state index contributed by atoms with van der Waals surface area (Å²) >= 11 is 0.979. The molecule has 0 spiro atoms. The lowest BCUT2D eigenvalue weighted by atomic mass is 9.97. The predicted molar refractivity (Wildman–Crippen MR) is 102 cm³/mol. The van der Waals surface area contributed by atoms with Crippen molar-refractivity contribution in [3.8, 4) is 5.75 Å². The van der Waals surface area contributed by atoms with E-state index in [2.05, 4.69) is 24.4 Å². The molecule has 0 aliphatic rings. The third-order valence-corrected chi connectivity index (χ3v) is 4.69. The van der Waals surface area contributed by atoms with Crippen molar-refractivity contribution in [3.05, 3.63) is 57.0 Å². The molecule has 1 amide bonds. The van der Waals surface area contributed by atoms with E-state index in [-0.39, 0.29) is 11.6 Å². The number of amides is 1. The molecule has 1 N–H and O–H groups in total. The molecule has 7 nitrogen and oxygen atoms in total. The normalized spacial score (nSPS) is 12.1. The molecule has 0 aliphatic carbocycles. The van der Waals surface area contributed by atoms with Gasteiger partial charge in [-0.05, 0) is 36.1 Å². The Kier molecular flexibility index (Phi) is 7.28. The summed E-state index contributed by atoms with van der Waals surface area (Å²) in [7, 11) is 0. The number of carbonyl (C=O) groups is 1. The number of ether oxygens (including phenoxy) is 1. The van der Waals surface area contributed by atoms with Crippen LogP contribution >= 0.6 is 11.3 Å². The zero-order chi connectivity index (χ0) is 18.9. The van der Waals surface area contributed by atoms with Gasteiger partial charge in [0.1, 0.15) is 5.75 Å². The van der Waals surface area contributed by atoms with Crippen molar-refractivity contribution in [2.24, 2.45) is 5.10 Å². The van der Waals surface area contributed by atoms with Gasteiger partial charge in [0.2, 0.25) is 0 Å². The van der Waals surface area contributed by atoms with Crippen LogP contribution in [0.15, 0.2) is 41.5 Å². The molecule has 1 heterocycles. The Morgan fingerprint density at radius 3 is 2.69 bits per heavy atom. The third-order valence-electron chi connectivity index (χ3n) is 3.71. The van der Waals surface area contributed by atoms with Crippen molar-refractivity contribution in [1.29, 1.82) is 0 Å². The second kappa shape index (κ2) is 9.67. The SMILES string of the molecule is CCCC(C)c1ccc(OCC(=O)NN=Cc2ccc([N+](=O)[O-])s2)cc1. The maximum Gasteiger partial charge on any atom is 0.324 e. The second-order valence-electron chi connectivity index (χ2n) is 5.77. The van der Waals surface area contributed by atoms with Crippen molar-refractivity contribution in [1.82, 2.24) is 5.43 Å². The molecule has 0 saturated carbocycles. The van der Waals surface area contributed by atoms with Crippen molar-refractivity contribution in [2.75, 3.05) is 6.61 Å². The molecule has 1 aromatic heterocycles. The Hall–Kier alpha value is -2.74.